The highest BCUT2D eigenvalue weighted by Crippen LogP contribution is 2.16. The van der Waals surface area contributed by atoms with Crippen LogP contribution in [0.1, 0.15) is 111 Å². The van der Waals surface area contributed by atoms with Crippen molar-refractivity contribution in [2.24, 2.45) is 0 Å². The summed E-state index contributed by atoms with van der Waals surface area (Å²) in [6.07, 6.45) is 16.8. The zero-order valence-corrected chi connectivity index (χ0v) is 16.9. The molecule has 0 aliphatic heterocycles. The van der Waals surface area contributed by atoms with Gasteiger partial charge in [-0.1, -0.05) is 64.7 Å². The number of hydrogen-bond donors (Lipinski definition) is 1. The summed E-state index contributed by atoms with van der Waals surface area (Å²) < 4.78 is 5.48. The van der Waals surface area contributed by atoms with Gasteiger partial charge < -0.3 is 10.1 Å². The van der Waals surface area contributed by atoms with E-state index >= 15 is 0 Å². The predicted octanol–water partition coefficient (Wildman–Crippen LogP) is 5.54. The van der Waals surface area contributed by atoms with E-state index in [-0.39, 0.29) is 18.0 Å². The Kier molecular flexibility index (Phi) is 17.0. The van der Waals surface area contributed by atoms with Crippen LogP contribution in [0.3, 0.4) is 0 Å². The maximum Gasteiger partial charge on any atom is 0.302 e. The summed E-state index contributed by atoms with van der Waals surface area (Å²) in [5.74, 6) is -0.0872. The lowest BCUT2D eigenvalue weighted by molar-refractivity contribution is -0.147. The SMILES string of the molecule is CCCCCCCCC(CCCCCCCCNC(C)=O)OC(C)=O. The molecular weight excluding hydrogens is 314 g/mol. The van der Waals surface area contributed by atoms with Gasteiger partial charge in [-0.05, 0) is 32.1 Å². The lowest BCUT2D eigenvalue weighted by atomic mass is 10.0. The van der Waals surface area contributed by atoms with Crippen LogP contribution in [0.4, 0.5) is 0 Å². The molecule has 0 aliphatic rings. The molecule has 0 aliphatic carbocycles. The van der Waals surface area contributed by atoms with Gasteiger partial charge in [-0.15, -0.1) is 0 Å². The molecule has 0 aromatic carbocycles. The van der Waals surface area contributed by atoms with Crippen LogP contribution in [0, 0.1) is 0 Å². The zero-order valence-electron chi connectivity index (χ0n) is 16.9. The molecule has 148 valence electrons. The van der Waals surface area contributed by atoms with E-state index in [4.69, 9.17) is 4.74 Å². The van der Waals surface area contributed by atoms with Gasteiger partial charge in [0, 0.05) is 20.4 Å². The van der Waals surface area contributed by atoms with Crippen LogP contribution in [0.25, 0.3) is 0 Å². The third kappa shape index (κ3) is 19.1. The molecule has 0 saturated carbocycles. The fourth-order valence-corrected chi connectivity index (χ4v) is 3.12. The standard InChI is InChI=1S/C21H41NO3/c1-4-5-6-7-10-13-16-21(25-20(3)24)17-14-11-8-9-12-15-18-22-19(2)23/h21H,4-18H2,1-3H3,(H,22,23). The van der Waals surface area contributed by atoms with Crippen molar-refractivity contribution in [1.82, 2.24) is 5.32 Å². The average molecular weight is 356 g/mol. The van der Waals surface area contributed by atoms with E-state index in [1.807, 2.05) is 0 Å². The molecular formula is C21H41NO3. The van der Waals surface area contributed by atoms with Crippen LogP contribution in [0.5, 0.6) is 0 Å². The van der Waals surface area contributed by atoms with E-state index in [1.54, 1.807) is 6.92 Å². The summed E-state index contributed by atoms with van der Waals surface area (Å²) in [6, 6.07) is 0. The highest BCUT2D eigenvalue weighted by molar-refractivity contribution is 5.72. The first-order valence-electron chi connectivity index (χ1n) is 10.5. The minimum absolute atomic E-state index is 0.0573. The predicted molar refractivity (Wildman–Crippen MR) is 105 cm³/mol. The molecule has 1 N–H and O–H groups in total. The molecule has 4 nitrogen and oxygen atoms in total. The van der Waals surface area contributed by atoms with Crippen LogP contribution in [-0.4, -0.2) is 24.5 Å². The number of esters is 1. The number of ether oxygens (including phenoxy) is 1. The van der Waals surface area contributed by atoms with Crippen molar-refractivity contribution < 1.29 is 14.3 Å². The number of carbonyl (C=O) groups excluding carboxylic acids is 2. The van der Waals surface area contributed by atoms with Gasteiger partial charge in [-0.25, -0.2) is 0 Å². The lowest BCUT2D eigenvalue weighted by Crippen LogP contribution is -2.20. The second kappa shape index (κ2) is 17.8. The number of unbranched alkanes of at least 4 members (excludes halogenated alkanes) is 10. The van der Waals surface area contributed by atoms with Gasteiger partial charge in [0.25, 0.3) is 0 Å². The van der Waals surface area contributed by atoms with E-state index in [0.717, 1.165) is 32.2 Å². The summed E-state index contributed by atoms with van der Waals surface area (Å²) >= 11 is 0. The van der Waals surface area contributed by atoms with Crippen molar-refractivity contribution in [2.45, 2.75) is 117 Å². The van der Waals surface area contributed by atoms with E-state index in [9.17, 15) is 9.59 Å². The Labute approximate surface area is 155 Å². The van der Waals surface area contributed by atoms with Crippen molar-refractivity contribution in [3.8, 4) is 0 Å². The molecule has 1 unspecified atom stereocenters. The van der Waals surface area contributed by atoms with Gasteiger partial charge in [-0.3, -0.25) is 9.59 Å². The highest BCUT2D eigenvalue weighted by Gasteiger charge is 2.11. The van der Waals surface area contributed by atoms with E-state index in [1.165, 1.54) is 71.1 Å². The number of hydrogen-bond acceptors (Lipinski definition) is 3. The van der Waals surface area contributed by atoms with Gasteiger partial charge in [0.15, 0.2) is 0 Å². The molecule has 0 bridgehead atoms. The quantitative estimate of drug-likeness (QED) is 0.275. The number of amides is 1. The molecule has 0 aromatic heterocycles. The first-order chi connectivity index (χ1) is 12.1. The second-order valence-corrected chi connectivity index (χ2v) is 7.18. The number of carbonyl (C=O) groups is 2. The van der Waals surface area contributed by atoms with Crippen molar-refractivity contribution in [2.75, 3.05) is 6.54 Å². The molecule has 0 heterocycles. The topological polar surface area (TPSA) is 55.4 Å². The Hall–Kier alpha value is -1.06. The summed E-state index contributed by atoms with van der Waals surface area (Å²) in [5, 5.41) is 2.83. The van der Waals surface area contributed by atoms with Crippen LogP contribution in [0.2, 0.25) is 0 Å². The van der Waals surface area contributed by atoms with Crippen molar-refractivity contribution >= 4 is 11.9 Å². The Bertz CT molecular complexity index is 331. The van der Waals surface area contributed by atoms with Crippen LogP contribution < -0.4 is 5.32 Å². The molecule has 0 fully saturated rings. The summed E-state index contributed by atoms with van der Waals surface area (Å²) in [4.78, 5) is 22.0. The van der Waals surface area contributed by atoms with E-state index in [2.05, 4.69) is 12.2 Å². The molecule has 0 saturated heterocycles. The molecule has 25 heavy (non-hydrogen) atoms. The molecule has 0 spiro atoms. The third-order valence-corrected chi connectivity index (χ3v) is 4.54. The minimum atomic E-state index is -0.144. The maximum absolute atomic E-state index is 11.3. The number of nitrogens with one attached hydrogen (secondary N) is 1. The minimum Gasteiger partial charge on any atom is -0.463 e. The van der Waals surface area contributed by atoms with Gasteiger partial charge >= 0.3 is 5.97 Å². The summed E-state index contributed by atoms with van der Waals surface area (Å²) in [6.45, 7) is 6.11. The second-order valence-electron chi connectivity index (χ2n) is 7.18. The molecule has 1 atom stereocenters. The third-order valence-electron chi connectivity index (χ3n) is 4.54. The Morgan fingerprint density at radius 3 is 1.72 bits per heavy atom. The zero-order chi connectivity index (χ0) is 18.8. The Balaban J connectivity index is 3.61. The van der Waals surface area contributed by atoms with Crippen molar-refractivity contribution in [3.63, 3.8) is 0 Å². The van der Waals surface area contributed by atoms with Crippen LogP contribution in [0.15, 0.2) is 0 Å². The highest BCUT2D eigenvalue weighted by atomic mass is 16.5. The largest absolute Gasteiger partial charge is 0.463 e. The normalized spacial score (nSPS) is 12.0. The molecule has 0 radical (unpaired) electrons. The van der Waals surface area contributed by atoms with E-state index in [0.29, 0.717) is 0 Å². The average Bonchev–Trinajstić information content (AvgIpc) is 2.55. The molecule has 0 aromatic rings. The van der Waals surface area contributed by atoms with Gasteiger partial charge in [-0.2, -0.15) is 0 Å². The molecule has 4 heteroatoms. The summed E-state index contributed by atoms with van der Waals surface area (Å²) in [7, 11) is 0. The maximum atomic E-state index is 11.3. The van der Waals surface area contributed by atoms with E-state index < -0.39 is 0 Å². The smallest absolute Gasteiger partial charge is 0.302 e. The first kappa shape index (κ1) is 23.9. The van der Waals surface area contributed by atoms with Gasteiger partial charge in [0.05, 0.1) is 0 Å². The molecule has 1 amide bonds. The Morgan fingerprint density at radius 1 is 0.760 bits per heavy atom. The number of rotatable bonds is 17. The van der Waals surface area contributed by atoms with Crippen molar-refractivity contribution in [1.29, 1.82) is 0 Å². The fourth-order valence-electron chi connectivity index (χ4n) is 3.12. The fraction of sp³-hybridized carbons (Fsp3) is 0.905. The summed E-state index contributed by atoms with van der Waals surface area (Å²) in [5.41, 5.74) is 0. The molecule has 0 rings (SSSR count). The van der Waals surface area contributed by atoms with Crippen molar-refractivity contribution in [3.05, 3.63) is 0 Å². The van der Waals surface area contributed by atoms with Gasteiger partial charge in [0.2, 0.25) is 5.91 Å². The van der Waals surface area contributed by atoms with Gasteiger partial charge in [0.1, 0.15) is 6.10 Å². The monoisotopic (exact) mass is 355 g/mol. The Morgan fingerprint density at radius 2 is 1.24 bits per heavy atom. The lowest BCUT2D eigenvalue weighted by Gasteiger charge is -2.17. The van der Waals surface area contributed by atoms with Crippen LogP contribution in [-0.2, 0) is 14.3 Å². The first-order valence-corrected chi connectivity index (χ1v) is 10.5. The van der Waals surface area contributed by atoms with Crippen LogP contribution >= 0.6 is 0 Å².